The van der Waals surface area contributed by atoms with Crippen LogP contribution in [-0.2, 0) is 9.84 Å². The quantitative estimate of drug-likeness (QED) is 0.828. The fourth-order valence-electron chi connectivity index (χ4n) is 1.46. The zero-order valence-corrected chi connectivity index (χ0v) is 12.1. The van der Waals surface area contributed by atoms with Crippen LogP contribution in [0.5, 0.6) is 0 Å². The Bertz CT molecular complexity index is 567. The molecule has 0 aromatic carbocycles. The standard InChI is InChI=1S/C11H15NO4S2/c1-7-6-8(2)12-10(9(7)11(13)14)17-4-5-18(3,15)16/h6H,4-5H2,1-3H3,(H,13,14). The highest BCUT2D eigenvalue weighted by Gasteiger charge is 2.16. The zero-order valence-electron chi connectivity index (χ0n) is 10.4. The van der Waals surface area contributed by atoms with Crippen LogP contribution in [0.15, 0.2) is 11.1 Å². The maximum Gasteiger partial charge on any atom is 0.338 e. The number of hydrogen-bond donors (Lipinski definition) is 1. The summed E-state index contributed by atoms with van der Waals surface area (Å²) < 4.78 is 22.0. The van der Waals surface area contributed by atoms with Crippen molar-refractivity contribution in [3.63, 3.8) is 0 Å². The monoisotopic (exact) mass is 289 g/mol. The fourth-order valence-corrected chi connectivity index (χ4v) is 3.80. The first-order chi connectivity index (χ1) is 8.20. The first-order valence-electron chi connectivity index (χ1n) is 5.23. The largest absolute Gasteiger partial charge is 0.478 e. The summed E-state index contributed by atoms with van der Waals surface area (Å²) in [5.41, 5.74) is 1.51. The molecule has 1 aromatic heterocycles. The third kappa shape index (κ3) is 4.30. The topological polar surface area (TPSA) is 84.3 Å². The number of aromatic nitrogens is 1. The second kappa shape index (κ2) is 5.71. The average Bonchev–Trinajstić information content (AvgIpc) is 2.13. The van der Waals surface area contributed by atoms with Gasteiger partial charge in [0, 0.05) is 17.7 Å². The molecule has 0 saturated carbocycles. The Labute approximate surface area is 111 Å². The van der Waals surface area contributed by atoms with E-state index in [0.29, 0.717) is 16.3 Å². The molecule has 0 fully saturated rings. The summed E-state index contributed by atoms with van der Waals surface area (Å²) in [6.07, 6.45) is 1.15. The van der Waals surface area contributed by atoms with E-state index in [-0.39, 0.29) is 11.3 Å². The lowest BCUT2D eigenvalue weighted by Gasteiger charge is -2.08. The third-order valence-corrected chi connectivity index (χ3v) is 4.40. The van der Waals surface area contributed by atoms with E-state index in [4.69, 9.17) is 5.11 Å². The Hall–Kier alpha value is -1.08. The summed E-state index contributed by atoms with van der Waals surface area (Å²) in [7, 11) is -3.04. The first kappa shape index (κ1) is 15.0. The van der Waals surface area contributed by atoms with Crippen LogP contribution < -0.4 is 0 Å². The van der Waals surface area contributed by atoms with E-state index < -0.39 is 15.8 Å². The van der Waals surface area contributed by atoms with Crippen molar-refractivity contribution >= 4 is 27.6 Å². The molecule has 0 bridgehead atoms. The van der Waals surface area contributed by atoms with Crippen molar-refractivity contribution in [3.05, 3.63) is 22.9 Å². The summed E-state index contributed by atoms with van der Waals surface area (Å²) in [6.45, 7) is 3.48. The van der Waals surface area contributed by atoms with Crippen LogP contribution in [0.25, 0.3) is 0 Å². The van der Waals surface area contributed by atoms with Gasteiger partial charge in [0.2, 0.25) is 0 Å². The number of sulfone groups is 1. The van der Waals surface area contributed by atoms with Crippen LogP contribution in [0.2, 0.25) is 0 Å². The molecule has 7 heteroatoms. The van der Waals surface area contributed by atoms with Crippen molar-refractivity contribution in [3.8, 4) is 0 Å². The molecule has 0 aliphatic carbocycles. The van der Waals surface area contributed by atoms with E-state index in [2.05, 4.69) is 4.98 Å². The van der Waals surface area contributed by atoms with Crippen LogP contribution in [0.4, 0.5) is 0 Å². The highest BCUT2D eigenvalue weighted by Crippen LogP contribution is 2.24. The van der Waals surface area contributed by atoms with Gasteiger partial charge < -0.3 is 5.11 Å². The molecule has 0 saturated heterocycles. The molecule has 0 radical (unpaired) electrons. The van der Waals surface area contributed by atoms with E-state index in [1.165, 1.54) is 0 Å². The van der Waals surface area contributed by atoms with Gasteiger partial charge in [-0.05, 0) is 25.5 Å². The molecule has 0 atom stereocenters. The summed E-state index contributed by atoms with van der Waals surface area (Å²) in [6, 6.07) is 1.70. The summed E-state index contributed by atoms with van der Waals surface area (Å²) >= 11 is 1.16. The molecule has 18 heavy (non-hydrogen) atoms. The molecule has 0 spiro atoms. The predicted molar refractivity (Wildman–Crippen MR) is 71.1 cm³/mol. The number of carboxylic acid groups (broad SMARTS) is 1. The number of aryl methyl sites for hydroxylation is 2. The van der Waals surface area contributed by atoms with E-state index in [0.717, 1.165) is 23.7 Å². The zero-order chi connectivity index (χ0) is 13.9. The van der Waals surface area contributed by atoms with E-state index in [9.17, 15) is 13.2 Å². The molecule has 5 nitrogen and oxygen atoms in total. The van der Waals surface area contributed by atoms with Gasteiger partial charge in [0.1, 0.15) is 14.9 Å². The lowest BCUT2D eigenvalue weighted by atomic mass is 10.1. The summed E-state index contributed by atoms with van der Waals surface area (Å²) in [5.74, 6) is -0.734. The van der Waals surface area contributed by atoms with Crippen molar-refractivity contribution in [2.75, 3.05) is 17.8 Å². The number of rotatable bonds is 5. The van der Waals surface area contributed by atoms with E-state index in [1.807, 2.05) is 0 Å². The van der Waals surface area contributed by atoms with Crippen LogP contribution in [0, 0.1) is 13.8 Å². The van der Waals surface area contributed by atoms with Crippen molar-refractivity contribution in [1.82, 2.24) is 4.98 Å². The predicted octanol–water partition coefficient (Wildman–Crippen LogP) is 1.53. The molecule has 1 heterocycles. The number of thioether (sulfide) groups is 1. The third-order valence-electron chi connectivity index (χ3n) is 2.22. The number of nitrogens with zero attached hydrogens (tertiary/aromatic N) is 1. The maximum absolute atomic E-state index is 11.1. The number of aromatic carboxylic acids is 1. The maximum atomic E-state index is 11.1. The summed E-state index contributed by atoms with van der Waals surface area (Å²) in [5, 5.41) is 9.50. The highest BCUT2D eigenvalue weighted by molar-refractivity contribution is 8.00. The molecule has 0 amide bonds. The normalized spacial score (nSPS) is 11.5. The van der Waals surface area contributed by atoms with Gasteiger partial charge in [-0.3, -0.25) is 0 Å². The molecule has 1 N–H and O–H groups in total. The van der Waals surface area contributed by atoms with Gasteiger partial charge in [-0.15, -0.1) is 11.8 Å². The molecule has 0 unspecified atom stereocenters. The van der Waals surface area contributed by atoms with Crippen LogP contribution in [0.1, 0.15) is 21.6 Å². The highest BCUT2D eigenvalue weighted by atomic mass is 32.2. The lowest BCUT2D eigenvalue weighted by molar-refractivity contribution is 0.0691. The van der Waals surface area contributed by atoms with Gasteiger partial charge in [0.05, 0.1) is 11.3 Å². The number of carboxylic acids is 1. The number of carbonyl (C=O) groups is 1. The van der Waals surface area contributed by atoms with E-state index in [1.54, 1.807) is 19.9 Å². The Morgan fingerprint density at radius 1 is 1.44 bits per heavy atom. The molecule has 1 rings (SSSR count). The average molecular weight is 289 g/mol. The van der Waals surface area contributed by atoms with Gasteiger partial charge in [0.15, 0.2) is 0 Å². The smallest absolute Gasteiger partial charge is 0.338 e. The van der Waals surface area contributed by atoms with Crippen LogP contribution in [-0.4, -0.2) is 42.2 Å². The second-order valence-electron chi connectivity index (χ2n) is 4.04. The van der Waals surface area contributed by atoms with Gasteiger partial charge in [-0.1, -0.05) is 0 Å². The van der Waals surface area contributed by atoms with Gasteiger partial charge in [0.25, 0.3) is 0 Å². The Kier molecular flexibility index (Phi) is 4.75. The Morgan fingerprint density at radius 3 is 2.56 bits per heavy atom. The molecular weight excluding hydrogens is 274 g/mol. The molecule has 100 valence electrons. The van der Waals surface area contributed by atoms with Crippen molar-refractivity contribution in [2.24, 2.45) is 0 Å². The second-order valence-corrected chi connectivity index (χ2v) is 7.39. The first-order valence-corrected chi connectivity index (χ1v) is 8.27. The van der Waals surface area contributed by atoms with Gasteiger partial charge in [-0.2, -0.15) is 0 Å². The Morgan fingerprint density at radius 2 is 2.06 bits per heavy atom. The number of pyridine rings is 1. The minimum absolute atomic E-state index is 0.00535. The summed E-state index contributed by atoms with van der Waals surface area (Å²) in [4.78, 5) is 15.3. The minimum Gasteiger partial charge on any atom is -0.478 e. The lowest BCUT2D eigenvalue weighted by Crippen LogP contribution is -2.08. The molecule has 0 aliphatic rings. The van der Waals surface area contributed by atoms with Crippen LogP contribution in [0.3, 0.4) is 0 Å². The van der Waals surface area contributed by atoms with Crippen LogP contribution >= 0.6 is 11.8 Å². The Balaban J connectivity index is 2.97. The van der Waals surface area contributed by atoms with Crippen molar-refractivity contribution < 1.29 is 18.3 Å². The molecule has 0 aliphatic heterocycles. The minimum atomic E-state index is -3.04. The van der Waals surface area contributed by atoms with Crippen molar-refractivity contribution in [1.29, 1.82) is 0 Å². The molecule has 1 aromatic rings. The van der Waals surface area contributed by atoms with Gasteiger partial charge in [-0.25, -0.2) is 18.2 Å². The van der Waals surface area contributed by atoms with Gasteiger partial charge >= 0.3 is 5.97 Å². The molecular formula is C11H15NO4S2. The van der Waals surface area contributed by atoms with Crippen molar-refractivity contribution in [2.45, 2.75) is 18.9 Å². The number of hydrogen-bond acceptors (Lipinski definition) is 5. The fraction of sp³-hybridized carbons (Fsp3) is 0.455. The van der Waals surface area contributed by atoms with E-state index >= 15 is 0 Å². The SMILES string of the molecule is Cc1cc(C)c(C(=O)O)c(SCCS(C)(=O)=O)n1.